The Bertz CT molecular complexity index is 266. The molecule has 0 bridgehead atoms. The van der Waals surface area contributed by atoms with Gasteiger partial charge in [-0.2, -0.15) is 0 Å². The number of rotatable bonds is 2. The van der Waals surface area contributed by atoms with E-state index in [1.165, 1.54) is 17.7 Å². The topological polar surface area (TPSA) is 0 Å². The lowest BCUT2D eigenvalue weighted by molar-refractivity contribution is 0.627. The van der Waals surface area contributed by atoms with Gasteiger partial charge in [0.15, 0.2) is 0 Å². The number of hydrogen-bond donors (Lipinski definition) is 0. The molecule has 1 heteroatoms. The van der Waals surface area contributed by atoms with Gasteiger partial charge in [0.2, 0.25) is 0 Å². The average molecular weight is 164 g/mol. The predicted octanol–water partition coefficient (Wildman–Crippen LogP) is 3.33. The van der Waals surface area contributed by atoms with Crippen LogP contribution in [0.2, 0.25) is 0 Å². The molecule has 0 fully saturated rings. The van der Waals surface area contributed by atoms with Crippen molar-refractivity contribution in [3.05, 3.63) is 47.3 Å². The lowest BCUT2D eigenvalue weighted by Crippen LogP contribution is -1.81. The zero-order valence-corrected chi connectivity index (χ0v) is 7.47. The van der Waals surface area contributed by atoms with E-state index < -0.39 is 0 Å². The van der Waals surface area contributed by atoms with E-state index >= 15 is 0 Å². The highest BCUT2D eigenvalue weighted by Gasteiger charge is 1.90. The minimum Gasteiger partial charge on any atom is -0.207 e. The van der Waals surface area contributed by atoms with Gasteiger partial charge in [0.1, 0.15) is 5.82 Å². The second-order valence-electron chi connectivity index (χ2n) is 3.11. The van der Waals surface area contributed by atoms with E-state index in [2.05, 4.69) is 19.9 Å². The van der Waals surface area contributed by atoms with Gasteiger partial charge in [-0.05, 0) is 38.0 Å². The molecule has 0 N–H and O–H groups in total. The summed E-state index contributed by atoms with van der Waals surface area (Å²) in [6, 6.07) is 6.62. The van der Waals surface area contributed by atoms with Crippen LogP contribution in [0, 0.1) is 5.82 Å². The van der Waals surface area contributed by atoms with Gasteiger partial charge in [0, 0.05) is 0 Å². The molecule has 0 aliphatic rings. The van der Waals surface area contributed by atoms with Crippen LogP contribution >= 0.6 is 0 Å². The molecule has 0 saturated carbocycles. The van der Waals surface area contributed by atoms with Crippen LogP contribution in [0.3, 0.4) is 0 Å². The van der Waals surface area contributed by atoms with Gasteiger partial charge in [-0.3, -0.25) is 0 Å². The van der Waals surface area contributed by atoms with Gasteiger partial charge in [-0.1, -0.05) is 23.8 Å². The van der Waals surface area contributed by atoms with Crippen LogP contribution < -0.4 is 0 Å². The molecule has 0 spiro atoms. The van der Waals surface area contributed by atoms with Crippen molar-refractivity contribution in [1.29, 1.82) is 0 Å². The fourth-order valence-corrected chi connectivity index (χ4v) is 0.942. The molecule has 0 atom stereocenters. The first-order chi connectivity index (χ1) is 5.68. The monoisotopic (exact) mass is 164 g/mol. The summed E-state index contributed by atoms with van der Waals surface area (Å²) in [5, 5.41) is 0. The SMILES string of the molecule is CC(C)=CCc1ccc(F)cc1. The first-order valence-corrected chi connectivity index (χ1v) is 4.06. The molecule has 64 valence electrons. The number of benzene rings is 1. The molecule has 0 aliphatic carbocycles. The molecule has 1 rings (SSSR count). The number of hydrogen-bond acceptors (Lipinski definition) is 0. The van der Waals surface area contributed by atoms with Crippen molar-refractivity contribution in [1.82, 2.24) is 0 Å². The first kappa shape index (κ1) is 8.98. The zero-order valence-electron chi connectivity index (χ0n) is 7.47. The van der Waals surface area contributed by atoms with Gasteiger partial charge in [-0.15, -0.1) is 0 Å². The molecule has 0 nitrogen and oxygen atoms in total. The molecule has 1 aromatic carbocycles. The smallest absolute Gasteiger partial charge is 0.123 e. The van der Waals surface area contributed by atoms with Crippen LogP contribution in [0.1, 0.15) is 19.4 Å². The average Bonchev–Trinajstić information content (AvgIpc) is 2.03. The lowest BCUT2D eigenvalue weighted by atomic mass is 10.1. The Hall–Kier alpha value is -1.11. The Kier molecular flexibility index (Phi) is 3.03. The number of halogens is 1. The summed E-state index contributed by atoms with van der Waals surface area (Å²) >= 11 is 0. The van der Waals surface area contributed by atoms with Crippen molar-refractivity contribution in [3.8, 4) is 0 Å². The molecule has 1 aromatic rings. The highest BCUT2D eigenvalue weighted by Crippen LogP contribution is 2.05. The molecule has 0 radical (unpaired) electrons. The van der Waals surface area contributed by atoms with Crippen LogP contribution in [0.15, 0.2) is 35.9 Å². The van der Waals surface area contributed by atoms with Crippen molar-refractivity contribution in [2.75, 3.05) is 0 Å². The van der Waals surface area contributed by atoms with E-state index in [1.807, 2.05) is 12.1 Å². The third-order valence-corrected chi connectivity index (χ3v) is 1.66. The molecule has 0 amide bonds. The third kappa shape index (κ3) is 2.87. The van der Waals surface area contributed by atoms with E-state index in [0.717, 1.165) is 12.0 Å². The van der Waals surface area contributed by atoms with Crippen LogP contribution in [0.5, 0.6) is 0 Å². The summed E-state index contributed by atoms with van der Waals surface area (Å²) in [4.78, 5) is 0. The normalized spacial score (nSPS) is 9.58. The molecule has 12 heavy (non-hydrogen) atoms. The summed E-state index contributed by atoms with van der Waals surface area (Å²) in [5.74, 6) is -0.170. The van der Waals surface area contributed by atoms with Crippen LogP contribution in [-0.2, 0) is 6.42 Å². The van der Waals surface area contributed by atoms with Crippen LogP contribution in [0.4, 0.5) is 4.39 Å². The maximum atomic E-state index is 12.5. The zero-order chi connectivity index (χ0) is 8.97. The lowest BCUT2D eigenvalue weighted by Gasteiger charge is -1.96. The summed E-state index contributed by atoms with van der Waals surface area (Å²) in [7, 11) is 0. The van der Waals surface area contributed by atoms with Crippen molar-refractivity contribution in [3.63, 3.8) is 0 Å². The fourth-order valence-electron chi connectivity index (χ4n) is 0.942. The van der Waals surface area contributed by atoms with Gasteiger partial charge in [0.25, 0.3) is 0 Å². The highest BCUT2D eigenvalue weighted by molar-refractivity contribution is 5.19. The van der Waals surface area contributed by atoms with Gasteiger partial charge in [-0.25, -0.2) is 4.39 Å². The quantitative estimate of drug-likeness (QED) is 0.588. The molecular formula is C11H13F. The van der Waals surface area contributed by atoms with E-state index in [9.17, 15) is 4.39 Å². The Morgan fingerprint density at radius 3 is 2.33 bits per heavy atom. The van der Waals surface area contributed by atoms with Crippen molar-refractivity contribution < 1.29 is 4.39 Å². The maximum absolute atomic E-state index is 12.5. The largest absolute Gasteiger partial charge is 0.207 e. The van der Waals surface area contributed by atoms with E-state index in [-0.39, 0.29) is 5.82 Å². The van der Waals surface area contributed by atoms with Gasteiger partial charge >= 0.3 is 0 Å². The molecular weight excluding hydrogens is 151 g/mol. The molecule has 0 aromatic heterocycles. The Labute approximate surface area is 72.7 Å². The number of allylic oxidation sites excluding steroid dienone is 2. The van der Waals surface area contributed by atoms with Crippen LogP contribution in [-0.4, -0.2) is 0 Å². The Balaban J connectivity index is 2.65. The van der Waals surface area contributed by atoms with Crippen molar-refractivity contribution >= 4 is 0 Å². The van der Waals surface area contributed by atoms with Crippen molar-refractivity contribution in [2.45, 2.75) is 20.3 Å². The standard InChI is InChI=1S/C11H13F/c1-9(2)3-4-10-5-7-11(12)8-6-10/h3,5-8H,4H2,1-2H3. The fraction of sp³-hybridized carbons (Fsp3) is 0.273. The van der Waals surface area contributed by atoms with Crippen LogP contribution in [0.25, 0.3) is 0 Å². The van der Waals surface area contributed by atoms with E-state index in [1.54, 1.807) is 0 Å². The van der Waals surface area contributed by atoms with Gasteiger partial charge < -0.3 is 0 Å². The molecule has 0 unspecified atom stereocenters. The third-order valence-electron chi connectivity index (χ3n) is 1.66. The van der Waals surface area contributed by atoms with E-state index in [4.69, 9.17) is 0 Å². The first-order valence-electron chi connectivity index (χ1n) is 4.06. The second kappa shape index (κ2) is 4.05. The summed E-state index contributed by atoms with van der Waals surface area (Å²) < 4.78 is 12.5. The minimum absolute atomic E-state index is 0.170. The minimum atomic E-state index is -0.170. The Morgan fingerprint density at radius 2 is 1.83 bits per heavy atom. The Morgan fingerprint density at radius 1 is 1.25 bits per heavy atom. The maximum Gasteiger partial charge on any atom is 0.123 e. The predicted molar refractivity (Wildman–Crippen MR) is 49.5 cm³/mol. The summed E-state index contributed by atoms with van der Waals surface area (Å²) in [6.07, 6.45) is 3.02. The molecule has 0 aliphatic heterocycles. The van der Waals surface area contributed by atoms with E-state index in [0.29, 0.717) is 0 Å². The molecule has 0 saturated heterocycles. The summed E-state index contributed by atoms with van der Waals surface area (Å²) in [6.45, 7) is 4.12. The molecule has 0 heterocycles. The van der Waals surface area contributed by atoms with Gasteiger partial charge in [0.05, 0.1) is 0 Å². The highest BCUT2D eigenvalue weighted by atomic mass is 19.1. The summed E-state index contributed by atoms with van der Waals surface area (Å²) in [5.41, 5.74) is 2.44. The second-order valence-corrected chi connectivity index (χ2v) is 3.11. The van der Waals surface area contributed by atoms with Crippen molar-refractivity contribution in [2.24, 2.45) is 0 Å².